The van der Waals surface area contributed by atoms with Crippen molar-refractivity contribution in [2.75, 3.05) is 5.32 Å². The van der Waals surface area contributed by atoms with Gasteiger partial charge in [-0.3, -0.25) is 0 Å². The molecule has 108 valence electrons. The minimum atomic E-state index is -0.978. The number of carbonyl (C=O) groups excluding carboxylic acids is 1. The molecule has 21 heavy (non-hydrogen) atoms. The number of para-hydroxylation sites is 1. The van der Waals surface area contributed by atoms with Crippen LogP contribution in [0.5, 0.6) is 0 Å². The molecule has 0 saturated heterocycles. The second kappa shape index (κ2) is 6.67. The van der Waals surface area contributed by atoms with E-state index in [9.17, 15) is 9.59 Å². The quantitative estimate of drug-likeness (QED) is 0.599. The van der Waals surface area contributed by atoms with E-state index in [1.165, 1.54) is 6.07 Å². The zero-order valence-electron chi connectivity index (χ0n) is 11.2. The SMILES string of the molecule is C/C(=N/NC(=O)Nc1ccccc1)c1ccc(C(=O)O)s1. The zero-order chi connectivity index (χ0) is 15.2. The summed E-state index contributed by atoms with van der Waals surface area (Å²) in [5.74, 6) is -0.978. The molecule has 0 fully saturated rings. The topological polar surface area (TPSA) is 90.8 Å². The lowest BCUT2D eigenvalue weighted by Crippen LogP contribution is -2.25. The van der Waals surface area contributed by atoms with Gasteiger partial charge in [-0.2, -0.15) is 5.10 Å². The van der Waals surface area contributed by atoms with Crippen LogP contribution in [0.4, 0.5) is 10.5 Å². The van der Waals surface area contributed by atoms with Crippen LogP contribution in [0.2, 0.25) is 0 Å². The predicted molar refractivity (Wildman–Crippen MR) is 82.1 cm³/mol. The van der Waals surface area contributed by atoms with Crippen molar-refractivity contribution in [1.29, 1.82) is 0 Å². The molecule has 1 heterocycles. The van der Waals surface area contributed by atoms with Crippen molar-refractivity contribution in [1.82, 2.24) is 5.43 Å². The van der Waals surface area contributed by atoms with E-state index >= 15 is 0 Å². The second-order valence-corrected chi connectivity index (χ2v) is 5.18. The van der Waals surface area contributed by atoms with Gasteiger partial charge in [-0.05, 0) is 31.2 Å². The lowest BCUT2D eigenvalue weighted by Gasteiger charge is -2.04. The fourth-order valence-electron chi connectivity index (χ4n) is 1.52. The van der Waals surface area contributed by atoms with Crippen molar-refractivity contribution in [3.63, 3.8) is 0 Å². The van der Waals surface area contributed by atoms with Gasteiger partial charge in [0.15, 0.2) is 0 Å². The minimum Gasteiger partial charge on any atom is -0.477 e. The summed E-state index contributed by atoms with van der Waals surface area (Å²) < 4.78 is 0. The molecule has 1 aromatic heterocycles. The monoisotopic (exact) mass is 303 g/mol. The summed E-state index contributed by atoms with van der Waals surface area (Å²) in [4.78, 5) is 23.4. The number of benzene rings is 1. The fourth-order valence-corrected chi connectivity index (χ4v) is 2.31. The summed E-state index contributed by atoms with van der Waals surface area (Å²) in [6.45, 7) is 1.69. The molecule has 2 rings (SSSR count). The first kappa shape index (κ1) is 14.7. The van der Waals surface area contributed by atoms with Gasteiger partial charge in [0.1, 0.15) is 4.88 Å². The van der Waals surface area contributed by atoms with Crippen molar-refractivity contribution in [2.24, 2.45) is 5.10 Å². The number of thiophene rings is 1. The Bertz CT molecular complexity index is 680. The smallest absolute Gasteiger partial charge is 0.345 e. The number of nitrogens with one attached hydrogen (secondary N) is 2. The number of hydrogen-bond acceptors (Lipinski definition) is 4. The third-order valence-corrected chi connectivity index (χ3v) is 3.71. The third-order valence-electron chi connectivity index (χ3n) is 2.53. The number of carbonyl (C=O) groups is 2. The summed E-state index contributed by atoms with van der Waals surface area (Å²) in [6, 6.07) is 11.7. The highest BCUT2D eigenvalue weighted by Gasteiger charge is 2.09. The van der Waals surface area contributed by atoms with Crippen LogP contribution in [-0.2, 0) is 0 Å². The van der Waals surface area contributed by atoms with E-state index in [0.29, 0.717) is 16.3 Å². The van der Waals surface area contributed by atoms with E-state index in [4.69, 9.17) is 5.11 Å². The molecule has 0 aliphatic heterocycles. The third kappa shape index (κ3) is 4.15. The highest BCUT2D eigenvalue weighted by atomic mass is 32.1. The van der Waals surface area contributed by atoms with Crippen LogP contribution in [0.25, 0.3) is 0 Å². The fraction of sp³-hybridized carbons (Fsp3) is 0.0714. The molecule has 0 bridgehead atoms. The van der Waals surface area contributed by atoms with Crippen LogP contribution in [-0.4, -0.2) is 22.8 Å². The second-order valence-electron chi connectivity index (χ2n) is 4.10. The number of urea groups is 1. The number of rotatable bonds is 4. The molecule has 1 aromatic carbocycles. The minimum absolute atomic E-state index is 0.230. The van der Waals surface area contributed by atoms with Gasteiger partial charge in [-0.1, -0.05) is 18.2 Å². The van der Waals surface area contributed by atoms with Gasteiger partial charge in [-0.25, -0.2) is 15.0 Å². The first-order valence-electron chi connectivity index (χ1n) is 6.06. The Morgan fingerprint density at radius 1 is 1.10 bits per heavy atom. The molecule has 0 saturated carbocycles. The number of nitrogens with zero attached hydrogens (tertiary/aromatic N) is 1. The molecule has 0 radical (unpaired) electrons. The lowest BCUT2D eigenvalue weighted by molar-refractivity contribution is 0.0702. The predicted octanol–water partition coefficient (Wildman–Crippen LogP) is 2.99. The van der Waals surface area contributed by atoms with Crippen molar-refractivity contribution < 1.29 is 14.7 Å². The zero-order valence-corrected chi connectivity index (χ0v) is 12.0. The molecule has 2 amide bonds. The highest BCUT2D eigenvalue weighted by molar-refractivity contribution is 7.15. The summed E-state index contributed by atoms with van der Waals surface area (Å²) >= 11 is 1.10. The summed E-state index contributed by atoms with van der Waals surface area (Å²) in [5, 5.41) is 15.4. The van der Waals surface area contributed by atoms with Crippen molar-refractivity contribution in [3.8, 4) is 0 Å². The van der Waals surface area contributed by atoms with Crippen molar-refractivity contribution in [2.45, 2.75) is 6.92 Å². The van der Waals surface area contributed by atoms with Crippen LogP contribution in [0, 0.1) is 0 Å². The van der Waals surface area contributed by atoms with E-state index < -0.39 is 12.0 Å². The van der Waals surface area contributed by atoms with Crippen LogP contribution in [0.3, 0.4) is 0 Å². The number of carboxylic acid groups (broad SMARTS) is 1. The van der Waals surface area contributed by atoms with Crippen LogP contribution >= 0.6 is 11.3 Å². The van der Waals surface area contributed by atoms with Gasteiger partial charge >= 0.3 is 12.0 Å². The molecule has 2 aromatic rings. The average molecular weight is 303 g/mol. The summed E-state index contributed by atoms with van der Waals surface area (Å²) in [7, 11) is 0. The van der Waals surface area contributed by atoms with E-state index in [-0.39, 0.29) is 4.88 Å². The number of amides is 2. The molecular formula is C14H13N3O3S. The van der Waals surface area contributed by atoms with Gasteiger partial charge in [0.2, 0.25) is 0 Å². The number of carboxylic acids is 1. The van der Waals surface area contributed by atoms with E-state index in [1.807, 2.05) is 18.2 Å². The van der Waals surface area contributed by atoms with E-state index in [2.05, 4.69) is 15.8 Å². The molecule has 0 spiro atoms. The Labute approximate surface area is 125 Å². The van der Waals surface area contributed by atoms with E-state index in [1.54, 1.807) is 25.1 Å². The number of hydrazone groups is 1. The Morgan fingerprint density at radius 2 is 1.76 bits per heavy atom. The van der Waals surface area contributed by atoms with Gasteiger partial charge in [0.25, 0.3) is 0 Å². The average Bonchev–Trinajstić information content (AvgIpc) is 2.96. The maximum absolute atomic E-state index is 11.6. The number of hydrogen-bond donors (Lipinski definition) is 3. The van der Waals surface area contributed by atoms with Crippen LogP contribution in [0.15, 0.2) is 47.6 Å². The van der Waals surface area contributed by atoms with Gasteiger partial charge in [-0.15, -0.1) is 11.3 Å². The molecule has 0 aliphatic rings. The van der Waals surface area contributed by atoms with Crippen molar-refractivity contribution >= 4 is 34.7 Å². The van der Waals surface area contributed by atoms with Crippen molar-refractivity contribution in [3.05, 3.63) is 52.2 Å². The van der Waals surface area contributed by atoms with Gasteiger partial charge in [0, 0.05) is 5.69 Å². The molecule has 0 atom stereocenters. The Balaban J connectivity index is 1.96. The molecule has 3 N–H and O–H groups in total. The molecule has 0 aliphatic carbocycles. The Morgan fingerprint density at radius 3 is 2.38 bits per heavy atom. The molecule has 0 unspecified atom stereocenters. The first-order valence-corrected chi connectivity index (χ1v) is 6.88. The molecular weight excluding hydrogens is 290 g/mol. The van der Waals surface area contributed by atoms with Crippen LogP contribution in [0.1, 0.15) is 21.5 Å². The van der Waals surface area contributed by atoms with Gasteiger partial charge < -0.3 is 10.4 Å². The first-order chi connectivity index (χ1) is 10.1. The van der Waals surface area contributed by atoms with Gasteiger partial charge in [0.05, 0.1) is 10.6 Å². The maximum atomic E-state index is 11.6. The normalized spacial score (nSPS) is 11.0. The summed E-state index contributed by atoms with van der Waals surface area (Å²) in [5.41, 5.74) is 3.56. The van der Waals surface area contributed by atoms with E-state index in [0.717, 1.165) is 11.3 Å². The lowest BCUT2D eigenvalue weighted by atomic mass is 10.3. The Kier molecular flexibility index (Phi) is 4.68. The number of anilines is 1. The largest absolute Gasteiger partial charge is 0.477 e. The molecule has 7 heteroatoms. The maximum Gasteiger partial charge on any atom is 0.345 e. The van der Waals surface area contributed by atoms with Crippen LogP contribution < -0.4 is 10.7 Å². The Hall–Kier alpha value is -2.67. The number of aromatic carboxylic acids is 1. The molecule has 6 nitrogen and oxygen atoms in total. The summed E-state index contributed by atoms with van der Waals surface area (Å²) in [6.07, 6.45) is 0. The highest BCUT2D eigenvalue weighted by Crippen LogP contribution is 2.17. The standard InChI is InChI=1S/C14H13N3O3S/c1-9(11-7-8-12(21-11)13(18)19)16-17-14(20)15-10-5-3-2-4-6-10/h2-8H,1H3,(H,18,19)(H2,15,17,20)/b16-9-.